The molecule has 1 N–H and O–H groups in total. The molecule has 0 unspecified atom stereocenters. The Morgan fingerprint density at radius 2 is 1.67 bits per heavy atom. The van der Waals surface area contributed by atoms with E-state index < -0.39 is 0 Å². The van der Waals surface area contributed by atoms with E-state index in [-0.39, 0.29) is 5.91 Å². The highest BCUT2D eigenvalue weighted by Gasteiger charge is 2.23. The standard InChI is InChI=1S/C18H28N2O/c1-13(2)14-5-9-16(10-6-14)19-17-11-7-15(8-12-17)18(21)20(3)4/h7-8,11-14,16,19H,5-6,9-10H2,1-4H3. The van der Waals surface area contributed by atoms with Crippen LogP contribution in [-0.2, 0) is 0 Å². The molecule has 0 saturated heterocycles. The van der Waals surface area contributed by atoms with Crippen LogP contribution in [0.25, 0.3) is 0 Å². The normalized spacial score (nSPS) is 22.1. The minimum atomic E-state index is 0.0546. The number of anilines is 1. The van der Waals surface area contributed by atoms with E-state index in [1.807, 2.05) is 24.3 Å². The minimum Gasteiger partial charge on any atom is -0.382 e. The van der Waals surface area contributed by atoms with Gasteiger partial charge < -0.3 is 10.2 Å². The average molecular weight is 288 g/mol. The Labute approximate surface area is 128 Å². The van der Waals surface area contributed by atoms with Gasteiger partial charge in [0.25, 0.3) is 5.91 Å². The molecule has 0 radical (unpaired) electrons. The summed E-state index contributed by atoms with van der Waals surface area (Å²) >= 11 is 0. The zero-order valence-electron chi connectivity index (χ0n) is 13.7. The molecular weight excluding hydrogens is 260 g/mol. The van der Waals surface area contributed by atoms with Crippen molar-refractivity contribution in [2.75, 3.05) is 19.4 Å². The number of carbonyl (C=O) groups excluding carboxylic acids is 1. The Kier molecular flexibility index (Phi) is 5.27. The fraction of sp³-hybridized carbons (Fsp3) is 0.611. The molecule has 1 aromatic carbocycles. The summed E-state index contributed by atoms with van der Waals surface area (Å²) in [5.41, 5.74) is 1.87. The van der Waals surface area contributed by atoms with E-state index in [0.717, 1.165) is 23.1 Å². The van der Waals surface area contributed by atoms with Gasteiger partial charge in [0.05, 0.1) is 0 Å². The van der Waals surface area contributed by atoms with Crippen LogP contribution in [0.3, 0.4) is 0 Å². The number of nitrogens with zero attached hydrogens (tertiary/aromatic N) is 1. The molecule has 1 aliphatic rings. The Balaban J connectivity index is 1.88. The molecule has 1 amide bonds. The number of hydrogen-bond acceptors (Lipinski definition) is 2. The molecule has 0 heterocycles. The van der Waals surface area contributed by atoms with Gasteiger partial charge in [-0.2, -0.15) is 0 Å². The maximum absolute atomic E-state index is 11.9. The summed E-state index contributed by atoms with van der Waals surface area (Å²) in [5, 5.41) is 3.61. The monoisotopic (exact) mass is 288 g/mol. The Morgan fingerprint density at radius 3 is 2.14 bits per heavy atom. The first-order chi connectivity index (χ1) is 9.97. The first kappa shape index (κ1) is 15.9. The van der Waals surface area contributed by atoms with Crippen LogP contribution in [0, 0.1) is 11.8 Å². The van der Waals surface area contributed by atoms with Crippen LogP contribution in [0.4, 0.5) is 5.69 Å². The molecule has 0 spiro atoms. The topological polar surface area (TPSA) is 32.3 Å². The smallest absolute Gasteiger partial charge is 0.253 e. The SMILES string of the molecule is CC(C)C1CCC(Nc2ccc(C(=O)N(C)C)cc2)CC1. The summed E-state index contributed by atoms with van der Waals surface area (Å²) in [6, 6.07) is 8.43. The molecule has 1 aliphatic carbocycles. The molecule has 0 bridgehead atoms. The van der Waals surface area contributed by atoms with E-state index in [4.69, 9.17) is 0 Å². The van der Waals surface area contributed by atoms with E-state index in [1.54, 1.807) is 19.0 Å². The molecule has 1 saturated carbocycles. The predicted molar refractivity (Wildman–Crippen MR) is 88.7 cm³/mol. The highest BCUT2D eigenvalue weighted by atomic mass is 16.2. The van der Waals surface area contributed by atoms with Crippen LogP contribution in [0.2, 0.25) is 0 Å². The largest absolute Gasteiger partial charge is 0.382 e. The first-order valence-electron chi connectivity index (χ1n) is 8.05. The number of amides is 1. The van der Waals surface area contributed by atoms with Gasteiger partial charge in [0.15, 0.2) is 0 Å². The van der Waals surface area contributed by atoms with Crippen molar-refractivity contribution in [2.24, 2.45) is 11.8 Å². The van der Waals surface area contributed by atoms with Crippen LogP contribution < -0.4 is 5.32 Å². The van der Waals surface area contributed by atoms with Crippen molar-refractivity contribution in [3.8, 4) is 0 Å². The van der Waals surface area contributed by atoms with Gasteiger partial charge in [-0.25, -0.2) is 0 Å². The van der Waals surface area contributed by atoms with Crippen molar-refractivity contribution in [1.82, 2.24) is 4.90 Å². The molecule has 0 aromatic heterocycles. The lowest BCUT2D eigenvalue weighted by Crippen LogP contribution is -2.28. The van der Waals surface area contributed by atoms with Crippen LogP contribution in [0.15, 0.2) is 24.3 Å². The zero-order valence-corrected chi connectivity index (χ0v) is 13.7. The summed E-state index contributed by atoms with van der Waals surface area (Å²) in [7, 11) is 3.56. The van der Waals surface area contributed by atoms with Gasteiger partial charge in [0.1, 0.15) is 0 Å². The van der Waals surface area contributed by atoms with E-state index in [1.165, 1.54) is 25.7 Å². The highest BCUT2D eigenvalue weighted by Crippen LogP contribution is 2.31. The second kappa shape index (κ2) is 6.97. The molecular formula is C18H28N2O. The molecule has 116 valence electrons. The maximum atomic E-state index is 11.9. The van der Waals surface area contributed by atoms with Gasteiger partial charge in [0.2, 0.25) is 0 Å². The fourth-order valence-corrected chi connectivity index (χ4v) is 3.13. The highest BCUT2D eigenvalue weighted by molar-refractivity contribution is 5.94. The van der Waals surface area contributed by atoms with Crippen molar-refractivity contribution < 1.29 is 4.79 Å². The summed E-state index contributed by atoms with van der Waals surface area (Å²) in [5.74, 6) is 1.75. The lowest BCUT2D eigenvalue weighted by atomic mass is 9.79. The number of benzene rings is 1. The molecule has 3 heteroatoms. The van der Waals surface area contributed by atoms with Gasteiger partial charge in [-0.1, -0.05) is 13.8 Å². The van der Waals surface area contributed by atoms with Gasteiger partial charge in [-0.3, -0.25) is 4.79 Å². The van der Waals surface area contributed by atoms with Crippen molar-refractivity contribution in [1.29, 1.82) is 0 Å². The number of nitrogens with one attached hydrogen (secondary N) is 1. The second-order valence-electron chi connectivity index (χ2n) is 6.78. The van der Waals surface area contributed by atoms with Crippen LogP contribution in [0.1, 0.15) is 49.9 Å². The van der Waals surface area contributed by atoms with Gasteiger partial charge in [-0.15, -0.1) is 0 Å². The number of rotatable bonds is 4. The molecule has 0 atom stereocenters. The average Bonchev–Trinajstić information content (AvgIpc) is 2.47. The summed E-state index contributed by atoms with van der Waals surface area (Å²) in [6.45, 7) is 4.66. The van der Waals surface area contributed by atoms with Crippen LogP contribution >= 0.6 is 0 Å². The van der Waals surface area contributed by atoms with E-state index >= 15 is 0 Å². The summed E-state index contributed by atoms with van der Waals surface area (Å²) in [4.78, 5) is 13.5. The quantitative estimate of drug-likeness (QED) is 0.907. The number of hydrogen-bond donors (Lipinski definition) is 1. The van der Waals surface area contributed by atoms with E-state index in [2.05, 4.69) is 19.2 Å². The molecule has 3 nitrogen and oxygen atoms in total. The third-order valence-corrected chi connectivity index (χ3v) is 4.62. The van der Waals surface area contributed by atoms with Crippen molar-refractivity contribution in [3.63, 3.8) is 0 Å². The Bertz CT molecular complexity index is 457. The van der Waals surface area contributed by atoms with E-state index in [0.29, 0.717) is 6.04 Å². The lowest BCUT2D eigenvalue weighted by Gasteiger charge is -2.31. The predicted octanol–water partition coefficient (Wildman–Crippen LogP) is 4.02. The lowest BCUT2D eigenvalue weighted by molar-refractivity contribution is 0.0827. The molecule has 0 aliphatic heterocycles. The Morgan fingerprint density at radius 1 is 1.10 bits per heavy atom. The summed E-state index contributed by atoms with van der Waals surface area (Å²) in [6.07, 6.45) is 5.15. The molecule has 21 heavy (non-hydrogen) atoms. The van der Waals surface area contributed by atoms with E-state index in [9.17, 15) is 4.79 Å². The van der Waals surface area contributed by atoms with Crippen LogP contribution in [0.5, 0.6) is 0 Å². The summed E-state index contributed by atoms with van der Waals surface area (Å²) < 4.78 is 0. The third kappa shape index (κ3) is 4.23. The van der Waals surface area contributed by atoms with Gasteiger partial charge in [-0.05, 0) is 61.8 Å². The van der Waals surface area contributed by atoms with Crippen molar-refractivity contribution in [2.45, 2.75) is 45.6 Å². The van der Waals surface area contributed by atoms with Crippen molar-refractivity contribution >= 4 is 11.6 Å². The van der Waals surface area contributed by atoms with Gasteiger partial charge >= 0.3 is 0 Å². The molecule has 1 fully saturated rings. The zero-order chi connectivity index (χ0) is 15.4. The number of carbonyl (C=O) groups is 1. The maximum Gasteiger partial charge on any atom is 0.253 e. The third-order valence-electron chi connectivity index (χ3n) is 4.62. The molecule has 2 rings (SSSR count). The fourth-order valence-electron chi connectivity index (χ4n) is 3.13. The first-order valence-corrected chi connectivity index (χ1v) is 8.05. The second-order valence-corrected chi connectivity index (χ2v) is 6.78. The minimum absolute atomic E-state index is 0.0546. The van der Waals surface area contributed by atoms with Crippen molar-refractivity contribution in [3.05, 3.63) is 29.8 Å². The van der Waals surface area contributed by atoms with Crippen LogP contribution in [-0.4, -0.2) is 30.9 Å². The molecule has 1 aromatic rings. The Hall–Kier alpha value is -1.51. The van der Waals surface area contributed by atoms with Gasteiger partial charge in [0, 0.05) is 31.4 Å².